The van der Waals surface area contributed by atoms with Crippen molar-refractivity contribution in [1.29, 1.82) is 0 Å². The van der Waals surface area contributed by atoms with Gasteiger partial charge in [0.1, 0.15) is 5.82 Å². The fraction of sp³-hybridized carbons (Fsp3) is 0.333. The van der Waals surface area contributed by atoms with Gasteiger partial charge in [-0.1, -0.05) is 15.9 Å². The van der Waals surface area contributed by atoms with Crippen molar-refractivity contribution >= 4 is 15.9 Å². The topological polar surface area (TPSA) is 26.0 Å². The lowest BCUT2D eigenvalue weighted by atomic mass is 10.1. The van der Waals surface area contributed by atoms with Gasteiger partial charge in [-0.05, 0) is 24.7 Å². The minimum atomic E-state index is -3.09. The SMILES string of the molecule is NCCC(F)(F)c1cc(F)ccc1Br. The first-order chi connectivity index (χ1) is 6.47. The maximum absolute atomic E-state index is 13.3. The standard InChI is InChI=1S/C9H9BrF3N/c10-8-2-1-6(11)5-7(8)9(12,13)3-4-14/h1-2,5H,3-4,14H2. The molecular weight excluding hydrogens is 259 g/mol. The number of alkyl halides is 2. The van der Waals surface area contributed by atoms with Crippen molar-refractivity contribution < 1.29 is 13.2 Å². The van der Waals surface area contributed by atoms with Crippen LogP contribution in [-0.4, -0.2) is 6.54 Å². The molecular formula is C9H9BrF3N. The van der Waals surface area contributed by atoms with Crippen LogP contribution in [0, 0.1) is 5.82 Å². The van der Waals surface area contributed by atoms with Crippen molar-refractivity contribution in [2.45, 2.75) is 12.3 Å². The zero-order valence-corrected chi connectivity index (χ0v) is 8.82. The van der Waals surface area contributed by atoms with Crippen LogP contribution in [0.25, 0.3) is 0 Å². The average molecular weight is 268 g/mol. The highest BCUT2D eigenvalue weighted by Crippen LogP contribution is 2.36. The predicted molar refractivity (Wildman–Crippen MR) is 51.7 cm³/mol. The quantitative estimate of drug-likeness (QED) is 0.895. The van der Waals surface area contributed by atoms with Crippen molar-refractivity contribution in [2.75, 3.05) is 6.54 Å². The summed E-state index contributed by atoms with van der Waals surface area (Å²) in [6.07, 6.45) is -0.491. The van der Waals surface area contributed by atoms with E-state index in [0.29, 0.717) is 0 Å². The zero-order valence-electron chi connectivity index (χ0n) is 7.24. The van der Waals surface area contributed by atoms with E-state index in [9.17, 15) is 13.2 Å². The second-order valence-electron chi connectivity index (χ2n) is 2.87. The fourth-order valence-electron chi connectivity index (χ4n) is 1.09. The second kappa shape index (κ2) is 4.31. The van der Waals surface area contributed by atoms with Crippen LogP contribution in [0.3, 0.4) is 0 Å². The maximum Gasteiger partial charge on any atom is 0.275 e. The monoisotopic (exact) mass is 267 g/mol. The van der Waals surface area contributed by atoms with Gasteiger partial charge in [0.15, 0.2) is 0 Å². The van der Waals surface area contributed by atoms with Gasteiger partial charge in [0.05, 0.1) is 0 Å². The van der Waals surface area contributed by atoms with Gasteiger partial charge in [-0.15, -0.1) is 0 Å². The van der Waals surface area contributed by atoms with E-state index < -0.39 is 18.2 Å². The molecule has 1 nitrogen and oxygen atoms in total. The summed E-state index contributed by atoms with van der Waals surface area (Å²) >= 11 is 2.95. The van der Waals surface area contributed by atoms with Crippen molar-refractivity contribution in [1.82, 2.24) is 0 Å². The number of halogens is 4. The highest BCUT2D eigenvalue weighted by atomic mass is 79.9. The van der Waals surface area contributed by atoms with E-state index in [-0.39, 0.29) is 16.6 Å². The fourth-order valence-corrected chi connectivity index (χ4v) is 1.63. The number of hydrogen-bond acceptors (Lipinski definition) is 1. The Morgan fingerprint density at radius 3 is 2.57 bits per heavy atom. The molecule has 0 spiro atoms. The smallest absolute Gasteiger partial charge is 0.275 e. The molecule has 0 aliphatic rings. The van der Waals surface area contributed by atoms with Crippen molar-refractivity contribution in [2.24, 2.45) is 5.73 Å². The Bertz CT molecular complexity index is 328. The number of rotatable bonds is 3. The summed E-state index contributed by atoms with van der Waals surface area (Å²) in [4.78, 5) is 0. The molecule has 5 heteroatoms. The summed E-state index contributed by atoms with van der Waals surface area (Å²) in [6.45, 7) is -0.143. The molecule has 0 heterocycles. The van der Waals surface area contributed by atoms with E-state index in [2.05, 4.69) is 15.9 Å². The molecule has 2 N–H and O–H groups in total. The molecule has 0 aromatic heterocycles. The summed E-state index contributed by atoms with van der Waals surface area (Å²) in [5.74, 6) is -3.77. The first-order valence-electron chi connectivity index (χ1n) is 4.01. The largest absolute Gasteiger partial charge is 0.330 e. The lowest BCUT2D eigenvalue weighted by molar-refractivity contribution is -0.0117. The normalized spacial score (nSPS) is 11.8. The molecule has 0 radical (unpaired) electrons. The Morgan fingerprint density at radius 1 is 1.36 bits per heavy atom. The zero-order chi connectivity index (χ0) is 10.8. The van der Waals surface area contributed by atoms with Crippen LogP contribution in [0.15, 0.2) is 22.7 Å². The number of nitrogens with two attached hydrogens (primary N) is 1. The molecule has 1 aromatic rings. The molecule has 78 valence electrons. The molecule has 0 unspecified atom stereocenters. The summed E-state index contributed by atoms with van der Waals surface area (Å²) in [5, 5.41) is 0. The van der Waals surface area contributed by atoms with Crippen LogP contribution >= 0.6 is 15.9 Å². The van der Waals surface area contributed by atoms with Gasteiger partial charge in [-0.25, -0.2) is 13.2 Å². The van der Waals surface area contributed by atoms with Crippen LogP contribution in [0.2, 0.25) is 0 Å². The third-order valence-electron chi connectivity index (χ3n) is 1.78. The molecule has 1 rings (SSSR count). The number of hydrogen-bond donors (Lipinski definition) is 1. The van der Waals surface area contributed by atoms with Crippen LogP contribution < -0.4 is 5.73 Å². The van der Waals surface area contributed by atoms with E-state index in [4.69, 9.17) is 5.73 Å². The Hall–Kier alpha value is -0.550. The second-order valence-corrected chi connectivity index (χ2v) is 3.72. The minimum absolute atomic E-state index is 0.143. The predicted octanol–water partition coefficient (Wildman–Crippen LogP) is 3.03. The Balaban J connectivity index is 3.10. The molecule has 14 heavy (non-hydrogen) atoms. The van der Waals surface area contributed by atoms with Gasteiger partial charge in [0.2, 0.25) is 0 Å². The van der Waals surface area contributed by atoms with Crippen molar-refractivity contribution in [3.63, 3.8) is 0 Å². The lowest BCUT2D eigenvalue weighted by Crippen LogP contribution is -2.19. The average Bonchev–Trinajstić information content (AvgIpc) is 2.09. The third-order valence-corrected chi connectivity index (χ3v) is 2.47. The van der Waals surface area contributed by atoms with E-state index in [1.165, 1.54) is 6.07 Å². The summed E-state index contributed by atoms with van der Waals surface area (Å²) in [5.41, 5.74) is 4.69. The first kappa shape index (κ1) is 11.5. The maximum atomic E-state index is 13.3. The Morgan fingerprint density at radius 2 is 2.00 bits per heavy atom. The molecule has 0 fully saturated rings. The van der Waals surface area contributed by atoms with Gasteiger partial charge in [-0.3, -0.25) is 0 Å². The molecule has 0 saturated heterocycles. The highest BCUT2D eigenvalue weighted by Gasteiger charge is 2.32. The first-order valence-corrected chi connectivity index (χ1v) is 4.80. The third kappa shape index (κ3) is 2.48. The minimum Gasteiger partial charge on any atom is -0.330 e. The Kier molecular flexibility index (Phi) is 3.55. The lowest BCUT2D eigenvalue weighted by Gasteiger charge is -2.17. The molecule has 0 aliphatic heterocycles. The molecule has 0 atom stereocenters. The van der Waals surface area contributed by atoms with Crippen LogP contribution in [0.4, 0.5) is 13.2 Å². The van der Waals surface area contributed by atoms with Gasteiger partial charge >= 0.3 is 0 Å². The van der Waals surface area contributed by atoms with Gasteiger partial charge < -0.3 is 5.73 Å². The van der Waals surface area contributed by atoms with E-state index in [0.717, 1.165) is 12.1 Å². The van der Waals surface area contributed by atoms with Crippen molar-refractivity contribution in [3.8, 4) is 0 Å². The molecule has 0 saturated carbocycles. The van der Waals surface area contributed by atoms with Crippen LogP contribution in [0.1, 0.15) is 12.0 Å². The molecule has 0 amide bonds. The molecule has 0 aliphatic carbocycles. The summed E-state index contributed by atoms with van der Waals surface area (Å²) in [7, 11) is 0. The summed E-state index contributed by atoms with van der Waals surface area (Å²) < 4.78 is 39.6. The van der Waals surface area contributed by atoms with Crippen LogP contribution in [-0.2, 0) is 5.92 Å². The summed E-state index contributed by atoms with van der Waals surface area (Å²) in [6, 6.07) is 3.20. The van der Waals surface area contributed by atoms with Gasteiger partial charge in [0, 0.05) is 16.5 Å². The van der Waals surface area contributed by atoms with E-state index in [1.807, 2.05) is 0 Å². The Labute approximate surface area is 88.2 Å². The van der Waals surface area contributed by atoms with E-state index in [1.54, 1.807) is 0 Å². The number of benzene rings is 1. The van der Waals surface area contributed by atoms with Gasteiger partial charge in [-0.2, -0.15) is 0 Å². The van der Waals surface area contributed by atoms with E-state index >= 15 is 0 Å². The molecule has 0 bridgehead atoms. The van der Waals surface area contributed by atoms with Crippen LogP contribution in [0.5, 0.6) is 0 Å². The van der Waals surface area contributed by atoms with Gasteiger partial charge in [0.25, 0.3) is 5.92 Å². The van der Waals surface area contributed by atoms with Crippen molar-refractivity contribution in [3.05, 3.63) is 34.1 Å². The highest BCUT2D eigenvalue weighted by molar-refractivity contribution is 9.10. The molecule has 1 aromatic carbocycles.